The van der Waals surface area contributed by atoms with Crippen LogP contribution in [0.1, 0.15) is 50.4 Å². The second-order valence-corrected chi connectivity index (χ2v) is 6.14. The third-order valence-corrected chi connectivity index (χ3v) is 4.68. The molecule has 1 heterocycles. The molecule has 1 saturated carbocycles. The van der Waals surface area contributed by atoms with Crippen molar-refractivity contribution in [2.75, 3.05) is 0 Å². The number of aromatic nitrogens is 2. The van der Waals surface area contributed by atoms with Crippen LogP contribution in [0.15, 0.2) is 18.2 Å². The lowest BCUT2D eigenvalue weighted by atomic mass is 9.83. The number of hydrogen-bond donors (Lipinski definition) is 0. The number of fused-ring (bicyclic) bond motifs is 1. The molecule has 0 radical (unpaired) electrons. The Morgan fingerprint density at radius 1 is 1.35 bits per heavy atom. The lowest BCUT2D eigenvalue weighted by Crippen LogP contribution is -2.33. The first-order valence-corrected chi connectivity index (χ1v) is 7.69. The van der Waals surface area contributed by atoms with E-state index in [1.165, 1.54) is 19.3 Å². The van der Waals surface area contributed by atoms with Gasteiger partial charge in [-0.05, 0) is 38.0 Å². The summed E-state index contributed by atoms with van der Waals surface area (Å²) in [5.41, 5.74) is 2.74. The standard InChI is InChI=1S/C16H18ClN3/c1-16(7-3-2-4-8-16)20-14-9-12(11-18)5-6-13(14)19-15(20)10-17/h5-6,9H,2-4,7-8,10H2,1H3. The maximum atomic E-state index is 9.12. The summed E-state index contributed by atoms with van der Waals surface area (Å²) in [6.07, 6.45) is 6.10. The molecule has 0 unspecified atom stereocenters. The van der Waals surface area contributed by atoms with Crippen molar-refractivity contribution in [3.63, 3.8) is 0 Å². The number of alkyl halides is 1. The van der Waals surface area contributed by atoms with Gasteiger partial charge in [0.05, 0.1) is 28.5 Å². The molecule has 0 atom stereocenters. The number of imidazole rings is 1. The van der Waals surface area contributed by atoms with Crippen molar-refractivity contribution in [2.45, 2.75) is 50.4 Å². The highest BCUT2D eigenvalue weighted by Gasteiger charge is 2.32. The van der Waals surface area contributed by atoms with E-state index in [4.69, 9.17) is 16.9 Å². The van der Waals surface area contributed by atoms with Crippen LogP contribution in [0.4, 0.5) is 0 Å². The summed E-state index contributed by atoms with van der Waals surface area (Å²) in [5.74, 6) is 1.33. The summed E-state index contributed by atoms with van der Waals surface area (Å²) >= 11 is 6.11. The Labute approximate surface area is 124 Å². The third kappa shape index (κ3) is 2.09. The molecule has 0 saturated heterocycles. The van der Waals surface area contributed by atoms with Gasteiger partial charge in [-0.3, -0.25) is 0 Å². The van der Waals surface area contributed by atoms with Crippen molar-refractivity contribution in [1.29, 1.82) is 5.26 Å². The van der Waals surface area contributed by atoms with Crippen LogP contribution in [-0.4, -0.2) is 9.55 Å². The Bertz CT molecular complexity index is 675. The third-order valence-electron chi connectivity index (χ3n) is 4.44. The van der Waals surface area contributed by atoms with Crippen LogP contribution < -0.4 is 0 Å². The maximum Gasteiger partial charge on any atom is 0.125 e. The van der Waals surface area contributed by atoms with Gasteiger partial charge >= 0.3 is 0 Å². The van der Waals surface area contributed by atoms with Crippen molar-refractivity contribution >= 4 is 22.6 Å². The molecule has 1 fully saturated rings. The molecular weight excluding hydrogens is 270 g/mol. The molecule has 1 aromatic heterocycles. The van der Waals surface area contributed by atoms with E-state index in [2.05, 4.69) is 22.5 Å². The molecule has 0 bridgehead atoms. The minimum Gasteiger partial charge on any atom is -0.321 e. The van der Waals surface area contributed by atoms with E-state index in [9.17, 15) is 0 Å². The molecule has 0 N–H and O–H groups in total. The fourth-order valence-electron chi connectivity index (χ4n) is 3.42. The van der Waals surface area contributed by atoms with Crippen LogP contribution in [0.5, 0.6) is 0 Å². The fraction of sp³-hybridized carbons (Fsp3) is 0.500. The molecule has 1 aromatic carbocycles. The largest absolute Gasteiger partial charge is 0.321 e. The van der Waals surface area contributed by atoms with Crippen molar-refractivity contribution in [3.8, 4) is 6.07 Å². The zero-order chi connectivity index (χ0) is 14.2. The van der Waals surface area contributed by atoms with Gasteiger partial charge in [-0.1, -0.05) is 19.3 Å². The number of benzene rings is 1. The van der Waals surface area contributed by atoms with Gasteiger partial charge in [-0.25, -0.2) is 4.98 Å². The van der Waals surface area contributed by atoms with Gasteiger partial charge in [0.2, 0.25) is 0 Å². The monoisotopic (exact) mass is 287 g/mol. The number of nitrogens with zero attached hydrogens (tertiary/aromatic N) is 3. The van der Waals surface area contributed by atoms with Crippen LogP contribution in [-0.2, 0) is 11.4 Å². The van der Waals surface area contributed by atoms with E-state index in [0.717, 1.165) is 29.7 Å². The van der Waals surface area contributed by atoms with Crippen LogP contribution >= 0.6 is 11.6 Å². The summed E-state index contributed by atoms with van der Waals surface area (Å²) in [4.78, 5) is 4.65. The van der Waals surface area contributed by atoms with E-state index in [1.54, 1.807) is 0 Å². The molecular formula is C16H18ClN3. The molecule has 0 amide bonds. The first kappa shape index (κ1) is 13.5. The van der Waals surface area contributed by atoms with E-state index < -0.39 is 0 Å². The molecule has 3 rings (SSSR count). The first-order valence-electron chi connectivity index (χ1n) is 7.16. The zero-order valence-corrected chi connectivity index (χ0v) is 12.5. The predicted molar refractivity (Wildman–Crippen MR) is 80.7 cm³/mol. The molecule has 104 valence electrons. The zero-order valence-electron chi connectivity index (χ0n) is 11.7. The van der Waals surface area contributed by atoms with Crippen LogP contribution in [0, 0.1) is 11.3 Å². The Hall–Kier alpha value is -1.53. The summed E-state index contributed by atoms with van der Waals surface area (Å²) in [5, 5.41) is 9.12. The van der Waals surface area contributed by atoms with Crippen molar-refractivity contribution < 1.29 is 0 Å². The molecule has 3 nitrogen and oxygen atoms in total. The minimum atomic E-state index is 0.0747. The highest BCUT2D eigenvalue weighted by molar-refractivity contribution is 6.16. The number of hydrogen-bond acceptors (Lipinski definition) is 2. The molecule has 2 aromatic rings. The number of nitriles is 1. The van der Waals surface area contributed by atoms with Gasteiger partial charge in [0.25, 0.3) is 0 Å². The van der Waals surface area contributed by atoms with E-state index in [0.29, 0.717) is 11.4 Å². The molecule has 0 aliphatic heterocycles. The summed E-state index contributed by atoms with van der Waals surface area (Å²) in [6, 6.07) is 7.90. The fourth-order valence-corrected chi connectivity index (χ4v) is 3.60. The first-order chi connectivity index (χ1) is 9.68. The average Bonchev–Trinajstić information content (AvgIpc) is 2.86. The number of rotatable bonds is 2. The van der Waals surface area contributed by atoms with Crippen molar-refractivity contribution in [1.82, 2.24) is 9.55 Å². The molecule has 1 aliphatic rings. The normalized spacial score (nSPS) is 18.1. The Morgan fingerprint density at radius 3 is 2.75 bits per heavy atom. The lowest BCUT2D eigenvalue weighted by Gasteiger charge is -2.36. The van der Waals surface area contributed by atoms with Gasteiger partial charge in [0, 0.05) is 5.54 Å². The Morgan fingerprint density at radius 2 is 2.10 bits per heavy atom. The minimum absolute atomic E-state index is 0.0747. The smallest absolute Gasteiger partial charge is 0.125 e. The average molecular weight is 288 g/mol. The summed E-state index contributed by atoms with van der Waals surface area (Å²) in [6.45, 7) is 2.29. The highest BCUT2D eigenvalue weighted by Crippen LogP contribution is 2.38. The molecule has 4 heteroatoms. The SMILES string of the molecule is CC1(n2c(CCl)nc3ccc(C#N)cc32)CCCCC1. The van der Waals surface area contributed by atoms with Crippen LogP contribution in [0.3, 0.4) is 0 Å². The van der Waals surface area contributed by atoms with E-state index >= 15 is 0 Å². The van der Waals surface area contributed by atoms with Crippen LogP contribution in [0.25, 0.3) is 11.0 Å². The second kappa shape index (κ2) is 5.10. The van der Waals surface area contributed by atoms with E-state index in [1.807, 2.05) is 18.2 Å². The Kier molecular flexibility index (Phi) is 3.43. The topological polar surface area (TPSA) is 41.6 Å². The highest BCUT2D eigenvalue weighted by atomic mass is 35.5. The van der Waals surface area contributed by atoms with Gasteiger partial charge in [0.1, 0.15) is 5.82 Å². The lowest BCUT2D eigenvalue weighted by molar-refractivity contribution is 0.220. The number of halogens is 1. The maximum absolute atomic E-state index is 9.12. The molecule has 1 aliphatic carbocycles. The second-order valence-electron chi connectivity index (χ2n) is 5.87. The molecule has 0 spiro atoms. The predicted octanol–water partition coefficient (Wildman–Crippen LogP) is 4.33. The summed E-state index contributed by atoms with van der Waals surface area (Å²) in [7, 11) is 0. The summed E-state index contributed by atoms with van der Waals surface area (Å²) < 4.78 is 2.29. The van der Waals surface area contributed by atoms with Crippen molar-refractivity contribution in [2.24, 2.45) is 0 Å². The van der Waals surface area contributed by atoms with E-state index in [-0.39, 0.29) is 5.54 Å². The van der Waals surface area contributed by atoms with Gasteiger partial charge in [0.15, 0.2) is 0 Å². The van der Waals surface area contributed by atoms with Crippen molar-refractivity contribution in [3.05, 3.63) is 29.6 Å². The van der Waals surface area contributed by atoms with Gasteiger partial charge < -0.3 is 4.57 Å². The van der Waals surface area contributed by atoms with Gasteiger partial charge in [-0.2, -0.15) is 5.26 Å². The van der Waals surface area contributed by atoms with Crippen LogP contribution in [0.2, 0.25) is 0 Å². The molecule has 20 heavy (non-hydrogen) atoms. The van der Waals surface area contributed by atoms with Gasteiger partial charge in [-0.15, -0.1) is 11.6 Å². The Balaban J connectivity index is 2.23. The quantitative estimate of drug-likeness (QED) is 0.772.